The zero-order chi connectivity index (χ0) is 14.7. The molecule has 2 aromatic rings. The number of aliphatic hydroxyl groups excluding tert-OH is 1. The standard InChI is InChI=1S/C16H18N2O2S/c19-9-12-4-6-18(7-5-12)16(20)14-3-1-2-13(8-14)15-10-21-11-17-15/h1-3,8,10-12,19H,4-7,9H2. The van der Waals surface area contributed by atoms with E-state index in [0.29, 0.717) is 11.5 Å². The van der Waals surface area contributed by atoms with Crippen LogP contribution in [0.2, 0.25) is 0 Å². The summed E-state index contributed by atoms with van der Waals surface area (Å²) < 4.78 is 0. The van der Waals surface area contributed by atoms with Crippen molar-refractivity contribution in [1.82, 2.24) is 9.88 Å². The zero-order valence-electron chi connectivity index (χ0n) is 11.7. The lowest BCUT2D eigenvalue weighted by molar-refractivity contribution is 0.0651. The lowest BCUT2D eigenvalue weighted by Gasteiger charge is -2.31. The molecule has 1 aromatic heterocycles. The maximum Gasteiger partial charge on any atom is 0.253 e. The molecule has 0 bridgehead atoms. The molecule has 0 unspecified atom stereocenters. The number of hydrogen-bond donors (Lipinski definition) is 1. The van der Waals surface area contributed by atoms with E-state index in [9.17, 15) is 4.79 Å². The van der Waals surface area contributed by atoms with E-state index in [1.165, 1.54) is 0 Å². The summed E-state index contributed by atoms with van der Waals surface area (Å²) in [5.74, 6) is 0.416. The van der Waals surface area contributed by atoms with E-state index in [1.807, 2.05) is 34.5 Å². The van der Waals surface area contributed by atoms with Gasteiger partial charge < -0.3 is 10.0 Å². The number of nitrogens with zero attached hydrogens (tertiary/aromatic N) is 2. The van der Waals surface area contributed by atoms with Gasteiger partial charge in [-0.3, -0.25) is 4.79 Å². The maximum absolute atomic E-state index is 12.6. The van der Waals surface area contributed by atoms with Gasteiger partial charge in [-0.05, 0) is 30.9 Å². The first-order valence-electron chi connectivity index (χ1n) is 7.16. The molecule has 1 fully saturated rings. The van der Waals surface area contributed by atoms with Crippen LogP contribution in [0.3, 0.4) is 0 Å². The van der Waals surface area contributed by atoms with Crippen molar-refractivity contribution in [1.29, 1.82) is 0 Å². The molecule has 1 aliphatic rings. The van der Waals surface area contributed by atoms with Gasteiger partial charge in [0.15, 0.2) is 0 Å². The van der Waals surface area contributed by atoms with E-state index in [-0.39, 0.29) is 12.5 Å². The third kappa shape index (κ3) is 3.14. The Morgan fingerprint density at radius 3 is 2.86 bits per heavy atom. The highest BCUT2D eigenvalue weighted by Crippen LogP contribution is 2.22. The van der Waals surface area contributed by atoms with Crippen LogP contribution in [-0.2, 0) is 0 Å². The second-order valence-corrected chi connectivity index (χ2v) is 6.09. The molecule has 3 rings (SSSR count). The molecular formula is C16H18N2O2S. The predicted molar refractivity (Wildman–Crippen MR) is 83.3 cm³/mol. The molecular weight excluding hydrogens is 284 g/mol. The number of hydrogen-bond acceptors (Lipinski definition) is 4. The molecule has 110 valence electrons. The number of carbonyl (C=O) groups is 1. The lowest BCUT2D eigenvalue weighted by Crippen LogP contribution is -2.39. The molecule has 21 heavy (non-hydrogen) atoms. The number of thiazole rings is 1. The van der Waals surface area contributed by atoms with E-state index < -0.39 is 0 Å². The fraction of sp³-hybridized carbons (Fsp3) is 0.375. The minimum absolute atomic E-state index is 0.0727. The number of aliphatic hydroxyl groups is 1. The highest BCUT2D eigenvalue weighted by molar-refractivity contribution is 7.07. The second kappa shape index (κ2) is 6.37. The largest absolute Gasteiger partial charge is 0.396 e. The molecule has 1 aromatic carbocycles. The molecule has 4 nitrogen and oxygen atoms in total. The van der Waals surface area contributed by atoms with Gasteiger partial charge in [-0.2, -0.15) is 0 Å². The van der Waals surface area contributed by atoms with Gasteiger partial charge in [0.1, 0.15) is 0 Å². The summed E-state index contributed by atoms with van der Waals surface area (Å²) in [5, 5.41) is 11.1. The first kappa shape index (κ1) is 14.2. The highest BCUT2D eigenvalue weighted by atomic mass is 32.1. The Labute approximate surface area is 128 Å². The van der Waals surface area contributed by atoms with Crippen LogP contribution in [0.15, 0.2) is 35.2 Å². The summed E-state index contributed by atoms with van der Waals surface area (Å²) in [4.78, 5) is 18.7. The third-order valence-electron chi connectivity index (χ3n) is 4.00. The number of amides is 1. The molecule has 1 aliphatic heterocycles. The van der Waals surface area contributed by atoms with Gasteiger partial charge in [-0.1, -0.05) is 12.1 Å². The van der Waals surface area contributed by atoms with Gasteiger partial charge >= 0.3 is 0 Å². The van der Waals surface area contributed by atoms with Gasteiger partial charge in [0.05, 0.1) is 11.2 Å². The van der Waals surface area contributed by atoms with Gasteiger partial charge in [0, 0.05) is 36.2 Å². The van der Waals surface area contributed by atoms with E-state index in [0.717, 1.165) is 37.2 Å². The topological polar surface area (TPSA) is 53.4 Å². The molecule has 2 heterocycles. The molecule has 0 atom stereocenters. The summed E-state index contributed by atoms with van der Waals surface area (Å²) >= 11 is 1.55. The third-order valence-corrected chi connectivity index (χ3v) is 4.58. The molecule has 5 heteroatoms. The molecule has 0 radical (unpaired) electrons. The maximum atomic E-state index is 12.6. The Hall–Kier alpha value is -1.72. The van der Waals surface area contributed by atoms with Crippen LogP contribution in [0.4, 0.5) is 0 Å². The van der Waals surface area contributed by atoms with Crippen LogP contribution in [0, 0.1) is 5.92 Å². The fourth-order valence-corrected chi connectivity index (χ4v) is 3.23. The van der Waals surface area contributed by atoms with E-state index in [2.05, 4.69) is 4.98 Å². The van der Waals surface area contributed by atoms with Gasteiger partial charge in [-0.15, -0.1) is 11.3 Å². The molecule has 0 spiro atoms. The molecule has 1 amide bonds. The summed E-state index contributed by atoms with van der Waals surface area (Å²) in [6.07, 6.45) is 1.77. The number of rotatable bonds is 3. The Kier molecular flexibility index (Phi) is 4.31. The smallest absolute Gasteiger partial charge is 0.253 e. The van der Waals surface area contributed by atoms with Crippen molar-refractivity contribution < 1.29 is 9.90 Å². The van der Waals surface area contributed by atoms with Crippen LogP contribution >= 0.6 is 11.3 Å². The normalized spacial score (nSPS) is 16.1. The van der Waals surface area contributed by atoms with E-state index in [1.54, 1.807) is 16.8 Å². The van der Waals surface area contributed by atoms with Gasteiger partial charge in [0.2, 0.25) is 0 Å². The fourth-order valence-electron chi connectivity index (χ4n) is 2.67. The highest BCUT2D eigenvalue weighted by Gasteiger charge is 2.23. The van der Waals surface area contributed by atoms with Crippen molar-refractivity contribution >= 4 is 17.2 Å². The lowest BCUT2D eigenvalue weighted by atomic mass is 9.97. The molecule has 0 saturated carbocycles. The first-order chi connectivity index (χ1) is 10.3. The van der Waals surface area contributed by atoms with Crippen molar-refractivity contribution in [2.75, 3.05) is 19.7 Å². The van der Waals surface area contributed by atoms with Crippen LogP contribution in [0.1, 0.15) is 23.2 Å². The van der Waals surface area contributed by atoms with Gasteiger partial charge in [-0.25, -0.2) is 4.98 Å². The minimum Gasteiger partial charge on any atom is -0.396 e. The van der Waals surface area contributed by atoms with Crippen molar-refractivity contribution in [2.24, 2.45) is 5.92 Å². The van der Waals surface area contributed by atoms with Gasteiger partial charge in [0.25, 0.3) is 5.91 Å². The number of piperidine rings is 1. The van der Waals surface area contributed by atoms with Crippen LogP contribution in [0.25, 0.3) is 11.3 Å². The van der Waals surface area contributed by atoms with Crippen molar-refractivity contribution in [3.8, 4) is 11.3 Å². The van der Waals surface area contributed by atoms with Crippen LogP contribution in [-0.4, -0.2) is 40.6 Å². The SMILES string of the molecule is O=C(c1cccc(-c2cscn2)c1)N1CCC(CO)CC1. The number of likely N-dealkylation sites (tertiary alicyclic amines) is 1. The van der Waals surface area contributed by atoms with E-state index in [4.69, 9.17) is 5.11 Å². The number of benzene rings is 1. The van der Waals surface area contributed by atoms with Crippen LogP contribution < -0.4 is 0 Å². The molecule has 1 N–H and O–H groups in total. The summed E-state index contributed by atoms with van der Waals surface area (Å²) in [7, 11) is 0. The minimum atomic E-state index is 0.0727. The average molecular weight is 302 g/mol. The first-order valence-corrected chi connectivity index (χ1v) is 8.11. The Bertz CT molecular complexity index is 604. The quantitative estimate of drug-likeness (QED) is 0.948. The Morgan fingerprint density at radius 2 is 2.19 bits per heavy atom. The van der Waals surface area contributed by atoms with Crippen molar-refractivity contribution in [3.63, 3.8) is 0 Å². The molecule has 0 aliphatic carbocycles. The molecule has 1 saturated heterocycles. The number of carbonyl (C=O) groups excluding carboxylic acids is 1. The van der Waals surface area contributed by atoms with Crippen molar-refractivity contribution in [2.45, 2.75) is 12.8 Å². The second-order valence-electron chi connectivity index (χ2n) is 5.37. The Balaban J connectivity index is 1.75. The monoisotopic (exact) mass is 302 g/mol. The van der Waals surface area contributed by atoms with E-state index >= 15 is 0 Å². The summed E-state index contributed by atoms with van der Waals surface area (Å²) in [5.41, 5.74) is 4.40. The van der Waals surface area contributed by atoms with Crippen LogP contribution in [0.5, 0.6) is 0 Å². The Morgan fingerprint density at radius 1 is 1.38 bits per heavy atom. The van der Waals surface area contributed by atoms with Crippen molar-refractivity contribution in [3.05, 3.63) is 40.7 Å². The summed E-state index contributed by atoms with van der Waals surface area (Å²) in [6.45, 7) is 1.68. The summed E-state index contributed by atoms with van der Waals surface area (Å²) in [6, 6.07) is 7.65. The zero-order valence-corrected chi connectivity index (χ0v) is 12.6. The average Bonchev–Trinajstić information content (AvgIpc) is 3.09. The predicted octanol–water partition coefficient (Wildman–Crippen LogP) is 2.65. The number of aromatic nitrogens is 1.